The summed E-state index contributed by atoms with van der Waals surface area (Å²) >= 11 is 0. The lowest BCUT2D eigenvalue weighted by Gasteiger charge is -2.16. The summed E-state index contributed by atoms with van der Waals surface area (Å²) in [7, 11) is 3.62. The van der Waals surface area contributed by atoms with Crippen LogP contribution in [0.2, 0.25) is 0 Å². The fourth-order valence-electron chi connectivity index (χ4n) is 2.48. The van der Waals surface area contributed by atoms with Crippen molar-refractivity contribution in [2.45, 2.75) is 31.6 Å². The van der Waals surface area contributed by atoms with Gasteiger partial charge in [0.25, 0.3) is 0 Å². The van der Waals surface area contributed by atoms with Gasteiger partial charge >= 0.3 is 5.97 Å². The zero-order chi connectivity index (χ0) is 12.4. The number of nitrogens with zero attached hydrogens (tertiary/aromatic N) is 4. The second-order valence-electron chi connectivity index (χ2n) is 4.65. The van der Waals surface area contributed by atoms with Crippen molar-refractivity contribution in [2.75, 3.05) is 18.5 Å². The van der Waals surface area contributed by atoms with Crippen LogP contribution in [-0.2, 0) is 11.8 Å². The molecule has 1 saturated carbocycles. The van der Waals surface area contributed by atoms with Crippen molar-refractivity contribution in [3.63, 3.8) is 0 Å². The average molecular weight is 238 g/mol. The van der Waals surface area contributed by atoms with Crippen LogP contribution in [0.5, 0.6) is 0 Å². The lowest BCUT2D eigenvalue weighted by Crippen LogP contribution is -2.27. The minimum absolute atomic E-state index is 0.0589. The number of likely N-dealkylation sites (N-methyl/N-ethyl adjacent to an activating group) is 1. The van der Waals surface area contributed by atoms with Gasteiger partial charge in [-0.25, -0.2) is 0 Å². The van der Waals surface area contributed by atoms with Crippen LogP contribution in [0.4, 0.5) is 5.95 Å². The Morgan fingerprint density at radius 2 is 2.12 bits per heavy atom. The molecule has 94 valence electrons. The zero-order valence-electron chi connectivity index (χ0n) is 10.3. The van der Waals surface area contributed by atoms with Gasteiger partial charge in [0.15, 0.2) is 0 Å². The number of aliphatic carboxylic acids is 1. The molecule has 1 fully saturated rings. The van der Waals surface area contributed by atoms with Gasteiger partial charge in [-0.1, -0.05) is 12.8 Å². The lowest BCUT2D eigenvalue weighted by atomic mass is 10.1. The van der Waals surface area contributed by atoms with E-state index >= 15 is 0 Å². The molecule has 0 aromatic carbocycles. The summed E-state index contributed by atoms with van der Waals surface area (Å²) < 4.78 is 1.92. The summed E-state index contributed by atoms with van der Waals surface area (Å²) in [4.78, 5) is 12.3. The Labute approximate surface area is 100 Å². The van der Waals surface area contributed by atoms with Gasteiger partial charge in [-0.05, 0) is 12.8 Å². The third-order valence-corrected chi connectivity index (χ3v) is 3.32. The van der Waals surface area contributed by atoms with E-state index in [-0.39, 0.29) is 6.54 Å². The van der Waals surface area contributed by atoms with Crippen LogP contribution < -0.4 is 4.90 Å². The summed E-state index contributed by atoms with van der Waals surface area (Å²) in [5.74, 6) is 1.22. The van der Waals surface area contributed by atoms with Crippen LogP contribution in [0.15, 0.2) is 0 Å². The monoisotopic (exact) mass is 238 g/mol. The van der Waals surface area contributed by atoms with E-state index in [1.54, 1.807) is 11.9 Å². The largest absolute Gasteiger partial charge is 0.480 e. The topological polar surface area (TPSA) is 71.2 Å². The average Bonchev–Trinajstić information content (AvgIpc) is 2.84. The highest BCUT2D eigenvalue weighted by atomic mass is 16.4. The van der Waals surface area contributed by atoms with Crippen molar-refractivity contribution in [1.82, 2.24) is 14.8 Å². The number of rotatable bonds is 4. The first-order valence-corrected chi connectivity index (χ1v) is 5.92. The number of carboxylic acids is 1. The van der Waals surface area contributed by atoms with Crippen LogP contribution in [-0.4, -0.2) is 39.4 Å². The molecule has 1 aromatic heterocycles. The van der Waals surface area contributed by atoms with Crippen molar-refractivity contribution in [3.05, 3.63) is 5.82 Å². The molecule has 0 saturated heterocycles. The van der Waals surface area contributed by atoms with Crippen molar-refractivity contribution in [1.29, 1.82) is 0 Å². The Hall–Kier alpha value is -1.59. The maximum Gasteiger partial charge on any atom is 0.323 e. The molecule has 1 aliphatic carbocycles. The van der Waals surface area contributed by atoms with Gasteiger partial charge in [0.1, 0.15) is 12.4 Å². The van der Waals surface area contributed by atoms with Crippen molar-refractivity contribution in [2.24, 2.45) is 7.05 Å². The van der Waals surface area contributed by atoms with Gasteiger partial charge < -0.3 is 14.6 Å². The molecular weight excluding hydrogens is 220 g/mol. The van der Waals surface area contributed by atoms with Crippen LogP contribution in [0.1, 0.15) is 37.4 Å². The molecule has 0 amide bonds. The molecule has 0 spiro atoms. The molecule has 1 aliphatic rings. The molecule has 0 bridgehead atoms. The van der Waals surface area contributed by atoms with Crippen molar-refractivity contribution in [3.8, 4) is 0 Å². The third-order valence-electron chi connectivity index (χ3n) is 3.32. The normalized spacial score (nSPS) is 16.4. The molecule has 2 rings (SSSR count). The minimum Gasteiger partial charge on any atom is -0.480 e. The summed E-state index contributed by atoms with van der Waals surface area (Å²) in [5, 5.41) is 17.0. The number of aromatic nitrogens is 3. The first kappa shape index (κ1) is 11.9. The van der Waals surface area contributed by atoms with Crippen LogP contribution in [0.25, 0.3) is 0 Å². The molecule has 6 heteroatoms. The number of carboxylic acid groups (broad SMARTS) is 1. The van der Waals surface area contributed by atoms with Crippen LogP contribution in [0.3, 0.4) is 0 Å². The first-order valence-electron chi connectivity index (χ1n) is 5.92. The second-order valence-corrected chi connectivity index (χ2v) is 4.65. The van der Waals surface area contributed by atoms with Gasteiger partial charge in [-0.2, -0.15) is 0 Å². The molecule has 0 aliphatic heterocycles. The highest BCUT2D eigenvalue weighted by Crippen LogP contribution is 2.33. The van der Waals surface area contributed by atoms with E-state index in [1.165, 1.54) is 12.8 Å². The molecule has 17 heavy (non-hydrogen) atoms. The number of hydrogen-bond donors (Lipinski definition) is 1. The van der Waals surface area contributed by atoms with E-state index in [2.05, 4.69) is 10.2 Å². The van der Waals surface area contributed by atoms with Gasteiger partial charge in [-0.3, -0.25) is 4.79 Å². The smallest absolute Gasteiger partial charge is 0.323 e. The van der Waals surface area contributed by atoms with Crippen molar-refractivity contribution < 1.29 is 9.90 Å². The Morgan fingerprint density at radius 3 is 2.71 bits per heavy atom. The predicted molar refractivity (Wildman–Crippen MR) is 63.1 cm³/mol. The Morgan fingerprint density at radius 1 is 1.47 bits per heavy atom. The van der Waals surface area contributed by atoms with E-state index in [0.717, 1.165) is 18.7 Å². The van der Waals surface area contributed by atoms with E-state index in [1.807, 2.05) is 11.6 Å². The van der Waals surface area contributed by atoms with Crippen molar-refractivity contribution >= 4 is 11.9 Å². The minimum atomic E-state index is -0.863. The molecule has 1 heterocycles. The Kier molecular flexibility index (Phi) is 3.31. The van der Waals surface area contributed by atoms with Gasteiger partial charge in [-0.15, -0.1) is 10.2 Å². The molecule has 0 radical (unpaired) electrons. The summed E-state index contributed by atoms with van der Waals surface area (Å²) in [5.41, 5.74) is 0. The van der Waals surface area contributed by atoms with E-state index in [4.69, 9.17) is 5.11 Å². The van der Waals surface area contributed by atoms with Gasteiger partial charge in [0, 0.05) is 20.0 Å². The molecule has 0 unspecified atom stereocenters. The van der Waals surface area contributed by atoms with E-state index in [9.17, 15) is 4.79 Å². The maximum absolute atomic E-state index is 10.7. The Bertz CT molecular complexity index is 410. The standard InChI is InChI=1S/C11H18N4O2/c1-14(7-9(16)17)11-13-12-10(15(11)2)8-5-3-4-6-8/h8H,3-7H2,1-2H3,(H,16,17). The fraction of sp³-hybridized carbons (Fsp3) is 0.727. The number of carbonyl (C=O) groups is 1. The van der Waals surface area contributed by atoms with Crippen LogP contribution in [0, 0.1) is 0 Å². The maximum atomic E-state index is 10.7. The predicted octanol–water partition coefficient (Wildman–Crippen LogP) is 0.993. The van der Waals surface area contributed by atoms with E-state index in [0.29, 0.717) is 11.9 Å². The fourth-order valence-corrected chi connectivity index (χ4v) is 2.48. The number of anilines is 1. The lowest BCUT2D eigenvalue weighted by molar-refractivity contribution is -0.135. The Balaban J connectivity index is 2.16. The van der Waals surface area contributed by atoms with Crippen LogP contribution >= 0.6 is 0 Å². The summed E-state index contributed by atoms with van der Waals surface area (Å²) in [6.07, 6.45) is 4.82. The molecule has 1 aromatic rings. The SMILES string of the molecule is CN(CC(=O)O)c1nnc(C2CCCC2)n1C. The van der Waals surface area contributed by atoms with E-state index < -0.39 is 5.97 Å². The van der Waals surface area contributed by atoms with Gasteiger partial charge in [0.05, 0.1) is 0 Å². The molecular formula is C11H18N4O2. The molecule has 1 N–H and O–H groups in total. The molecule has 6 nitrogen and oxygen atoms in total. The quantitative estimate of drug-likeness (QED) is 0.847. The molecule has 0 atom stereocenters. The second kappa shape index (κ2) is 4.73. The zero-order valence-corrected chi connectivity index (χ0v) is 10.3. The first-order chi connectivity index (χ1) is 8.09. The highest BCUT2D eigenvalue weighted by Gasteiger charge is 2.24. The number of hydrogen-bond acceptors (Lipinski definition) is 4. The highest BCUT2D eigenvalue weighted by molar-refractivity contribution is 5.72. The van der Waals surface area contributed by atoms with Gasteiger partial charge in [0.2, 0.25) is 5.95 Å². The summed E-state index contributed by atoms with van der Waals surface area (Å²) in [6, 6.07) is 0. The third kappa shape index (κ3) is 2.40. The summed E-state index contributed by atoms with van der Waals surface area (Å²) in [6.45, 7) is -0.0589.